The van der Waals surface area contributed by atoms with E-state index in [2.05, 4.69) is 20.9 Å². The van der Waals surface area contributed by atoms with Crippen molar-refractivity contribution in [3.63, 3.8) is 0 Å². The highest BCUT2D eigenvalue weighted by Crippen LogP contribution is 2.20. The smallest absolute Gasteiger partial charge is 0.123 e. The van der Waals surface area contributed by atoms with Crippen molar-refractivity contribution in [2.24, 2.45) is 4.99 Å². The summed E-state index contributed by atoms with van der Waals surface area (Å²) in [4.78, 5) is 4.28. The third-order valence-electron chi connectivity index (χ3n) is 1.69. The van der Waals surface area contributed by atoms with Gasteiger partial charge in [-0.3, -0.25) is 0 Å². The minimum atomic E-state index is -0.218. The van der Waals surface area contributed by atoms with Crippen LogP contribution in [-0.4, -0.2) is 4.62 Å². The summed E-state index contributed by atoms with van der Waals surface area (Å²) in [6, 6.07) is 4.58. The fourth-order valence-electron chi connectivity index (χ4n) is 0.954. The van der Waals surface area contributed by atoms with Crippen LogP contribution in [-0.2, 0) is 0 Å². The molecule has 0 amide bonds. The maximum absolute atomic E-state index is 12.7. The Bertz CT molecular complexity index is 334. The first-order valence-corrected chi connectivity index (χ1v) is 4.92. The first-order chi connectivity index (χ1) is 6.13. The molecule has 13 heavy (non-hydrogen) atoms. The number of nitrogens with zero attached hydrogens (tertiary/aromatic N) is 1. The molecule has 0 aliphatic carbocycles. The van der Waals surface area contributed by atoms with Crippen LogP contribution in [0.1, 0.15) is 18.9 Å². The fraction of sp³-hybridized carbons (Fsp3) is 0.300. The number of halogens is 2. The predicted octanol–water partition coefficient (Wildman–Crippen LogP) is 3.97. The molecule has 3 heteroatoms. The standard InChI is InChI=1S/C10H11BrFN/c1-3-10(11)13-9-5-4-8(12)6-7(9)2/h4-6H,3H2,1-2H3. The van der Waals surface area contributed by atoms with Crippen molar-refractivity contribution in [3.8, 4) is 0 Å². The summed E-state index contributed by atoms with van der Waals surface area (Å²) in [5.74, 6) is -0.218. The maximum Gasteiger partial charge on any atom is 0.123 e. The van der Waals surface area contributed by atoms with Gasteiger partial charge in [-0.2, -0.15) is 0 Å². The summed E-state index contributed by atoms with van der Waals surface area (Å²) in [7, 11) is 0. The van der Waals surface area contributed by atoms with E-state index in [4.69, 9.17) is 0 Å². The molecular formula is C10H11BrFN. The van der Waals surface area contributed by atoms with Crippen LogP contribution in [0.3, 0.4) is 0 Å². The van der Waals surface area contributed by atoms with Gasteiger partial charge < -0.3 is 0 Å². The Labute approximate surface area is 85.8 Å². The van der Waals surface area contributed by atoms with Gasteiger partial charge in [0.25, 0.3) is 0 Å². The topological polar surface area (TPSA) is 12.4 Å². The molecular weight excluding hydrogens is 233 g/mol. The molecule has 1 aromatic rings. The molecule has 0 saturated heterocycles. The molecule has 0 aliphatic heterocycles. The average molecular weight is 244 g/mol. The van der Waals surface area contributed by atoms with E-state index < -0.39 is 0 Å². The summed E-state index contributed by atoms with van der Waals surface area (Å²) in [6.07, 6.45) is 0.844. The fourth-order valence-corrected chi connectivity index (χ4v) is 1.15. The third kappa shape index (κ3) is 2.92. The molecule has 0 aliphatic rings. The van der Waals surface area contributed by atoms with Gasteiger partial charge in [0, 0.05) is 0 Å². The van der Waals surface area contributed by atoms with E-state index in [1.54, 1.807) is 6.07 Å². The minimum absolute atomic E-state index is 0.218. The van der Waals surface area contributed by atoms with Crippen LogP contribution < -0.4 is 0 Å². The van der Waals surface area contributed by atoms with Gasteiger partial charge in [0.15, 0.2) is 0 Å². The Morgan fingerprint density at radius 3 is 2.77 bits per heavy atom. The molecule has 0 atom stereocenters. The summed E-state index contributed by atoms with van der Waals surface area (Å²) in [6.45, 7) is 3.85. The second kappa shape index (κ2) is 4.51. The average Bonchev–Trinajstić information content (AvgIpc) is 2.09. The van der Waals surface area contributed by atoms with Crippen molar-refractivity contribution in [1.82, 2.24) is 0 Å². The molecule has 0 bridgehead atoms. The molecule has 0 spiro atoms. The second-order valence-corrected chi connectivity index (χ2v) is 3.69. The lowest BCUT2D eigenvalue weighted by Gasteiger charge is -2.00. The molecule has 1 nitrogen and oxygen atoms in total. The molecule has 0 radical (unpaired) electrons. The molecule has 1 aromatic carbocycles. The Balaban J connectivity index is 3.03. The van der Waals surface area contributed by atoms with Gasteiger partial charge in [-0.25, -0.2) is 9.38 Å². The lowest BCUT2D eigenvalue weighted by Crippen LogP contribution is -1.83. The van der Waals surface area contributed by atoms with E-state index in [1.807, 2.05) is 13.8 Å². The van der Waals surface area contributed by atoms with Crippen molar-refractivity contribution in [2.75, 3.05) is 0 Å². The molecule has 0 unspecified atom stereocenters. The van der Waals surface area contributed by atoms with Crippen molar-refractivity contribution in [1.29, 1.82) is 0 Å². The number of hydrogen-bond donors (Lipinski definition) is 0. The monoisotopic (exact) mass is 243 g/mol. The van der Waals surface area contributed by atoms with Gasteiger partial charge in [-0.15, -0.1) is 0 Å². The van der Waals surface area contributed by atoms with E-state index in [9.17, 15) is 4.39 Å². The Morgan fingerprint density at radius 1 is 1.54 bits per heavy atom. The summed E-state index contributed by atoms with van der Waals surface area (Å²) in [5, 5.41) is 0. The van der Waals surface area contributed by atoms with Gasteiger partial charge in [-0.05, 0) is 53.0 Å². The molecule has 0 heterocycles. The second-order valence-electron chi connectivity index (χ2n) is 2.77. The van der Waals surface area contributed by atoms with Crippen LogP contribution in [0.15, 0.2) is 23.2 Å². The molecule has 0 aromatic heterocycles. The Hall–Kier alpha value is -0.700. The Morgan fingerprint density at radius 2 is 2.23 bits per heavy atom. The highest BCUT2D eigenvalue weighted by Gasteiger charge is 1.98. The van der Waals surface area contributed by atoms with Gasteiger partial charge in [0.2, 0.25) is 0 Å². The van der Waals surface area contributed by atoms with E-state index in [1.165, 1.54) is 12.1 Å². The van der Waals surface area contributed by atoms with Crippen LogP contribution in [0, 0.1) is 12.7 Å². The van der Waals surface area contributed by atoms with Crippen molar-refractivity contribution < 1.29 is 4.39 Å². The van der Waals surface area contributed by atoms with E-state index >= 15 is 0 Å². The Kier molecular flexibility index (Phi) is 3.60. The van der Waals surface area contributed by atoms with Crippen molar-refractivity contribution in [3.05, 3.63) is 29.6 Å². The van der Waals surface area contributed by atoms with Gasteiger partial charge in [0.1, 0.15) is 5.82 Å². The quantitative estimate of drug-likeness (QED) is 0.698. The van der Waals surface area contributed by atoms with Crippen molar-refractivity contribution in [2.45, 2.75) is 20.3 Å². The van der Waals surface area contributed by atoms with E-state index in [-0.39, 0.29) is 5.82 Å². The SMILES string of the molecule is CCC(Br)=Nc1ccc(F)cc1C. The maximum atomic E-state index is 12.7. The molecule has 1 rings (SSSR count). The summed E-state index contributed by atoms with van der Waals surface area (Å²) >= 11 is 3.32. The minimum Gasteiger partial charge on any atom is -0.246 e. The van der Waals surface area contributed by atoms with Gasteiger partial charge >= 0.3 is 0 Å². The predicted molar refractivity (Wildman–Crippen MR) is 57.5 cm³/mol. The third-order valence-corrected chi connectivity index (χ3v) is 2.43. The summed E-state index contributed by atoms with van der Waals surface area (Å²) < 4.78 is 13.6. The number of aryl methyl sites for hydroxylation is 1. The molecule has 0 fully saturated rings. The first-order valence-electron chi connectivity index (χ1n) is 4.12. The number of rotatable bonds is 2. The van der Waals surface area contributed by atoms with Gasteiger partial charge in [-0.1, -0.05) is 6.92 Å². The van der Waals surface area contributed by atoms with Crippen LogP contribution in [0.2, 0.25) is 0 Å². The zero-order chi connectivity index (χ0) is 9.84. The first kappa shape index (κ1) is 10.4. The van der Waals surface area contributed by atoms with Crippen LogP contribution in [0.25, 0.3) is 0 Å². The zero-order valence-corrected chi connectivity index (χ0v) is 9.23. The van der Waals surface area contributed by atoms with E-state index in [0.717, 1.165) is 22.3 Å². The van der Waals surface area contributed by atoms with Crippen LogP contribution >= 0.6 is 15.9 Å². The normalized spacial score (nSPS) is 11.8. The van der Waals surface area contributed by atoms with E-state index in [0.29, 0.717) is 0 Å². The highest BCUT2D eigenvalue weighted by atomic mass is 79.9. The zero-order valence-electron chi connectivity index (χ0n) is 7.64. The lowest BCUT2D eigenvalue weighted by atomic mass is 10.2. The van der Waals surface area contributed by atoms with Crippen LogP contribution in [0.4, 0.5) is 10.1 Å². The number of benzene rings is 1. The molecule has 70 valence electrons. The van der Waals surface area contributed by atoms with Crippen LogP contribution in [0.5, 0.6) is 0 Å². The largest absolute Gasteiger partial charge is 0.246 e. The van der Waals surface area contributed by atoms with Gasteiger partial charge in [0.05, 0.1) is 10.3 Å². The number of aliphatic imine (C=N–C) groups is 1. The summed E-state index contributed by atoms with van der Waals surface area (Å²) in [5.41, 5.74) is 1.67. The highest BCUT2D eigenvalue weighted by molar-refractivity contribution is 9.18. The molecule has 0 N–H and O–H groups in total. The van der Waals surface area contributed by atoms with Crippen molar-refractivity contribution >= 4 is 26.2 Å². The molecule has 0 saturated carbocycles. The number of hydrogen-bond acceptors (Lipinski definition) is 1. The lowest BCUT2D eigenvalue weighted by molar-refractivity contribution is 0.627.